The van der Waals surface area contributed by atoms with Crippen LogP contribution < -0.4 is 10.9 Å². The van der Waals surface area contributed by atoms with E-state index in [1.807, 2.05) is 36.4 Å². The molecule has 0 fully saturated rings. The zero-order valence-electron chi connectivity index (χ0n) is 18.7. The van der Waals surface area contributed by atoms with Gasteiger partial charge in [0.2, 0.25) is 5.91 Å². The first-order valence-corrected chi connectivity index (χ1v) is 10.9. The Labute approximate surface area is 200 Å². The average Bonchev–Trinajstić information content (AvgIpc) is 2.83. The Balaban J connectivity index is 1.49. The maximum Gasteiger partial charge on any atom is 0.317 e. The minimum Gasteiger partial charge on any atom is -0.480 e. The fraction of sp³-hybridized carbons (Fsp3) is 0.154. The Kier molecular flexibility index (Phi) is 7.27. The zero-order valence-corrected chi connectivity index (χ0v) is 18.7. The van der Waals surface area contributed by atoms with Crippen LogP contribution in [0.1, 0.15) is 16.8 Å². The maximum absolute atomic E-state index is 14.5. The highest BCUT2D eigenvalue weighted by atomic mass is 19.1. The number of nitrogens with zero attached hydrogens (tertiary/aromatic N) is 2. The number of aromatic amines is 1. The van der Waals surface area contributed by atoms with E-state index < -0.39 is 17.7 Å². The molecule has 178 valence electrons. The normalized spacial score (nSPS) is 11.0. The molecular weight excluding hydrogens is 451 g/mol. The summed E-state index contributed by atoms with van der Waals surface area (Å²) in [6, 6.07) is 20.6. The summed E-state index contributed by atoms with van der Waals surface area (Å²) in [6.07, 6.45) is 0.305. The van der Waals surface area contributed by atoms with Gasteiger partial charge >= 0.3 is 5.97 Å². The average molecular weight is 474 g/mol. The lowest BCUT2D eigenvalue weighted by atomic mass is 10.0. The molecule has 1 amide bonds. The number of H-pyrrole nitrogens is 1. The smallest absolute Gasteiger partial charge is 0.317 e. The van der Waals surface area contributed by atoms with Gasteiger partial charge in [0.05, 0.1) is 29.9 Å². The van der Waals surface area contributed by atoms with Crippen LogP contribution >= 0.6 is 0 Å². The van der Waals surface area contributed by atoms with Crippen LogP contribution in [0.15, 0.2) is 77.6 Å². The summed E-state index contributed by atoms with van der Waals surface area (Å²) in [5, 5.41) is 19.6. The number of rotatable bonds is 9. The Morgan fingerprint density at radius 3 is 2.40 bits per heavy atom. The lowest BCUT2D eigenvalue weighted by Gasteiger charge is -2.20. The first-order chi connectivity index (χ1) is 16.9. The van der Waals surface area contributed by atoms with Crippen LogP contribution in [-0.4, -0.2) is 45.2 Å². The van der Waals surface area contributed by atoms with E-state index in [-0.39, 0.29) is 30.9 Å². The first kappa shape index (κ1) is 23.8. The van der Waals surface area contributed by atoms with E-state index in [0.717, 1.165) is 5.56 Å². The number of fused-ring (bicyclic) bond motifs is 1. The van der Waals surface area contributed by atoms with E-state index >= 15 is 0 Å². The number of hydrogen-bond acceptors (Lipinski definition) is 5. The van der Waals surface area contributed by atoms with Crippen molar-refractivity contribution >= 4 is 28.3 Å². The molecule has 0 aliphatic rings. The summed E-state index contributed by atoms with van der Waals surface area (Å²) in [4.78, 5) is 37.4. The quantitative estimate of drug-likeness (QED) is 0.343. The molecule has 1 aromatic heterocycles. The predicted molar refractivity (Wildman–Crippen MR) is 130 cm³/mol. The summed E-state index contributed by atoms with van der Waals surface area (Å²) in [7, 11) is 0. The maximum atomic E-state index is 14.5. The molecule has 4 aromatic rings. The van der Waals surface area contributed by atoms with E-state index in [0.29, 0.717) is 28.5 Å². The van der Waals surface area contributed by atoms with E-state index in [1.165, 1.54) is 17.0 Å². The number of carboxylic acid groups (broad SMARTS) is 1. The van der Waals surface area contributed by atoms with Gasteiger partial charge in [-0.15, -0.1) is 0 Å². The molecule has 8 nitrogen and oxygen atoms in total. The largest absolute Gasteiger partial charge is 0.480 e. The highest BCUT2D eigenvalue weighted by Gasteiger charge is 2.17. The third kappa shape index (κ3) is 6.15. The van der Waals surface area contributed by atoms with Crippen molar-refractivity contribution in [1.29, 1.82) is 0 Å². The Hall–Kier alpha value is -4.37. The number of aromatic nitrogens is 2. The van der Waals surface area contributed by atoms with Crippen molar-refractivity contribution in [3.63, 3.8) is 0 Å². The van der Waals surface area contributed by atoms with Crippen molar-refractivity contribution in [2.75, 3.05) is 18.4 Å². The van der Waals surface area contributed by atoms with Crippen LogP contribution in [-0.2, 0) is 22.6 Å². The number of carbonyl (C=O) groups is 2. The van der Waals surface area contributed by atoms with Gasteiger partial charge in [-0.05, 0) is 29.3 Å². The molecule has 0 bridgehead atoms. The van der Waals surface area contributed by atoms with Gasteiger partial charge in [-0.1, -0.05) is 54.6 Å². The molecule has 0 unspecified atom stereocenters. The van der Waals surface area contributed by atoms with E-state index in [9.17, 15) is 23.9 Å². The number of carbonyl (C=O) groups excluding carboxylic acids is 1. The summed E-state index contributed by atoms with van der Waals surface area (Å²) in [5.74, 6) is -2.22. The van der Waals surface area contributed by atoms with Gasteiger partial charge in [0, 0.05) is 18.4 Å². The van der Waals surface area contributed by atoms with Crippen LogP contribution in [0.5, 0.6) is 0 Å². The topological polar surface area (TPSA) is 115 Å². The first-order valence-electron chi connectivity index (χ1n) is 10.9. The highest BCUT2D eigenvalue weighted by Crippen LogP contribution is 2.21. The van der Waals surface area contributed by atoms with Crippen molar-refractivity contribution in [3.8, 4) is 0 Å². The molecule has 0 aliphatic heterocycles. The molecule has 0 aliphatic carbocycles. The molecule has 0 saturated carbocycles. The minimum absolute atomic E-state index is 0.0174. The molecule has 3 N–H and O–H groups in total. The summed E-state index contributed by atoms with van der Waals surface area (Å²) in [5.41, 5.74) is 1.84. The number of hydrogen-bond donors (Lipinski definition) is 3. The predicted octanol–water partition coefficient (Wildman–Crippen LogP) is 3.18. The van der Waals surface area contributed by atoms with E-state index in [1.54, 1.807) is 24.3 Å². The van der Waals surface area contributed by atoms with Crippen molar-refractivity contribution in [1.82, 2.24) is 15.1 Å². The summed E-state index contributed by atoms with van der Waals surface area (Å²) >= 11 is 0. The van der Waals surface area contributed by atoms with Crippen LogP contribution in [0.2, 0.25) is 0 Å². The summed E-state index contributed by atoms with van der Waals surface area (Å²) in [6.45, 7) is -0.305. The fourth-order valence-corrected chi connectivity index (χ4v) is 3.87. The summed E-state index contributed by atoms with van der Waals surface area (Å²) < 4.78 is 14.5. The SMILES string of the molecule is O=C(O)CN(CC(=O)Nc1cc(Cc2n[nH]c(=O)c3ccccc23)ccc1F)Cc1ccccc1. The highest BCUT2D eigenvalue weighted by molar-refractivity contribution is 5.92. The Bertz CT molecular complexity index is 1420. The van der Waals surface area contributed by atoms with Crippen LogP contribution in [0, 0.1) is 5.82 Å². The molecule has 0 spiro atoms. The second kappa shape index (κ2) is 10.7. The number of anilines is 1. The standard InChI is InChI=1S/C26H23FN4O4/c27-21-11-10-18(12-22-19-8-4-5-9-20(19)26(35)30-29-22)13-23(21)28-24(32)15-31(16-25(33)34)14-17-6-2-1-3-7-17/h1-11,13H,12,14-16H2,(H,28,32)(H,30,35)(H,33,34). The monoisotopic (exact) mass is 474 g/mol. The van der Waals surface area contributed by atoms with Gasteiger partial charge in [-0.3, -0.25) is 19.3 Å². The van der Waals surface area contributed by atoms with Gasteiger partial charge in [-0.2, -0.15) is 5.10 Å². The van der Waals surface area contributed by atoms with E-state index in [4.69, 9.17) is 0 Å². The minimum atomic E-state index is -1.07. The second-order valence-electron chi connectivity index (χ2n) is 8.11. The second-order valence-corrected chi connectivity index (χ2v) is 8.11. The number of benzene rings is 3. The molecular formula is C26H23FN4O4. The van der Waals surface area contributed by atoms with Gasteiger partial charge in [-0.25, -0.2) is 9.49 Å². The number of carboxylic acids is 1. The van der Waals surface area contributed by atoms with Crippen molar-refractivity contribution in [2.45, 2.75) is 13.0 Å². The van der Waals surface area contributed by atoms with Crippen LogP contribution in [0.25, 0.3) is 10.8 Å². The fourth-order valence-electron chi connectivity index (χ4n) is 3.87. The molecule has 35 heavy (non-hydrogen) atoms. The third-order valence-electron chi connectivity index (χ3n) is 5.43. The number of nitrogens with one attached hydrogen (secondary N) is 2. The number of aliphatic carboxylic acids is 1. The zero-order chi connectivity index (χ0) is 24.8. The van der Waals surface area contributed by atoms with Crippen molar-refractivity contribution in [2.24, 2.45) is 0 Å². The molecule has 1 heterocycles. The third-order valence-corrected chi connectivity index (χ3v) is 5.43. The molecule has 0 radical (unpaired) electrons. The van der Waals surface area contributed by atoms with Crippen molar-refractivity contribution in [3.05, 3.63) is 106 Å². The molecule has 0 saturated heterocycles. The molecule has 9 heteroatoms. The van der Waals surface area contributed by atoms with Gasteiger partial charge in [0.15, 0.2) is 0 Å². The number of amides is 1. The number of halogens is 1. The van der Waals surface area contributed by atoms with Crippen LogP contribution in [0.4, 0.5) is 10.1 Å². The molecule has 0 atom stereocenters. The van der Waals surface area contributed by atoms with Gasteiger partial charge < -0.3 is 10.4 Å². The Morgan fingerprint density at radius 1 is 0.943 bits per heavy atom. The lowest BCUT2D eigenvalue weighted by molar-refractivity contribution is -0.138. The van der Waals surface area contributed by atoms with Crippen LogP contribution in [0.3, 0.4) is 0 Å². The molecule has 3 aromatic carbocycles. The van der Waals surface area contributed by atoms with Gasteiger partial charge in [0.25, 0.3) is 5.56 Å². The Morgan fingerprint density at radius 2 is 1.66 bits per heavy atom. The van der Waals surface area contributed by atoms with Gasteiger partial charge in [0.1, 0.15) is 5.82 Å². The molecule has 4 rings (SSSR count). The van der Waals surface area contributed by atoms with E-state index in [2.05, 4.69) is 15.5 Å². The van der Waals surface area contributed by atoms with Crippen molar-refractivity contribution < 1.29 is 19.1 Å². The lowest BCUT2D eigenvalue weighted by Crippen LogP contribution is -2.36.